The lowest BCUT2D eigenvalue weighted by Gasteiger charge is -2.03. The molecule has 0 saturated carbocycles. The number of nitrogens with one attached hydrogen (secondary N) is 1. The third kappa shape index (κ3) is 4.03. The van der Waals surface area contributed by atoms with E-state index in [1.165, 1.54) is 7.11 Å². The molecule has 3 heteroatoms. The third-order valence-electron chi connectivity index (χ3n) is 0.987. The predicted octanol–water partition coefficient (Wildman–Crippen LogP) is 1.85. The van der Waals surface area contributed by atoms with Crippen molar-refractivity contribution in [3.05, 3.63) is 12.7 Å². The van der Waals surface area contributed by atoms with Gasteiger partial charge in [-0.15, -0.1) is 19.0 Å². The molecule has 9 heavy (non-hydrogen) atoms. The number of ether oxygens (including phenoxy) is 1. The number of halogens is 1. The van der Waals surface area contributed by atoms with E-state index in [0.29, 0.717) is 0 Å². The Morgan fingerprint density at radius 1 is 1.78 bits per heavy atom. The highest BCUT2D eigenvalue weighted by Crippen LogP contribution is 1.96. The van der Waals surface area contributed by atoms with Gasteiger partial charge in [0.15, 0.2) is 5.90 Å². The van der Waals surface area contributed by atoms with Gasteiger partial charge in [-0.05, 0) is 0 Å². The zero-order valence-electron chi connectivity index (χ0n) is 5.68. The molecule has 0 fully saturated rings. The molecule has 0 bridgehead atoms. The Kier molecular flexibility index (Phi) is 7.08. The van der Waals surface area contributed by atoms with Gasteiger partial charge in [0.05, 0.1) is 7.11 Å². The van der Waals surface area contributed by atoms with E-state index in [9.17, 15) is 0 Å². The number of methoxy groups -OCH3 is 1. The molecule has 0 aromatic carbocycles. The van der Waals surface area contributed by atoms with Gasteiger partial charge in [0.25, 0.3) is 0 Å². The van der Waals surface area contributed by atoms with Crippen LogP contribution >= 0.6 is 12.4 Å². The fourth-order valence-electron chi connectivity index (χ4n) is 0.293. The molecule has 1 N–H and O–H groups in total. The van der Waals surface area contributed by atoms with Crippen LogP contribution < -0.4 is 0 Å². The molecular formula is C6H12ClNO. The topological polar surface area (TPSA) is 33.1 Å². The third-order valence-corrected chi connectivity index (χ3v) is 0.987. The lowest BCUT2D eigenvalue weighted by Crippen LogP contribution is -2.07. The molecule has 0 aliphatic rings. The summed E-state index contributed by atoms with van der Waals surface area (Å²) in [4.78, 5) is 0. The van der Waals surface area contributed by atoms with E-state index in [2.05, 4.69) is 11.3 Å². The number of hydrogen-bond donors (Lipinski definition) is 1. The minimum atomic E-state index is 0. The molecule has 1 unspecified atom stereocenters. The van der Waals surface area contributed by atoms with Crippen LogP contribution in [0.15, 0.2) is 12.7 Å². The van der Waals surface area contributed by atoms with E-state index in [0.717, 1.165) is 0 Å². The maximum Gasteiger partial charge on any atom is 0.186 e. The molecule has 1 atom stereocenters. The Morgan fingerprint density at radius 2 is 2.22 bits per heavy atom. The quantitative estimate of drug-likeness (QED) is 0.363. The Labute approximate surface area is 61.8 Å². The van der Waals surface area contributed by atoms with Gasteiger partial charge in [-0.25, -0.2) is 0 Å². The Bertz CT molecular complexity index is 103. The summed E-state index contributed by atoms with van der Waals surface area (Å²) in [5, 5.41) is 7.05. The van der Waals surface area contributed by atoms with Crippen molar-refractivity contribution in [2.45, 2.75) is 6.92 Å². The highest BCUT2D eigenvalue weighted by Gasteiger charge is 2.00. The minimum Gasteiger partial charge on any atom is -0.484 e. The second-order valence-corrected chi connectivity index (χ2v) is 1.59. The Hall–Kier alpha value is -0.500. The summed E-state index contributed by atoms with van der Waals surface area (Å²) in [6, 6.07) is 0. The average Bonchev–Trinajstić information content (AvgIpc) is 1.84. The molecule has 0 amide bonds. The fraction of sp³-hybridized carbons (Fsp3) is 0.500. The first-order valence-electron chi connectivity index (χ1n) is 2.47. The minimum absolute atomic E-state index is 0. The standard InChI is InChI=1S/C6H11NO.ClH/c1-4-5(2)6(7)8-3;/h4-5,7H,1H2,2-3H3;1H. The average molecular weight is 150 g/mol. The van der Waals surface area contributed by atoms with Crippen molar-refractivity contribution >= 4 is 18.3 Å². The van der Waals surface area contributed by atoms with Crippen LogP contribution in [0.2, 0.25) is 0 Å². The molecule has 0 saturated heterocycles. The first-order chi connectivity index (χ1) is 3.72. The summed E-state index contributed by atoms with van der Waals surface area (Å²) in [5.74, 6) is 0.306. The normalized spacial score (nSPS) is 10.9. The van der Waals surface area contributed by atoms with Crippen LogP contribution in [-0.2, 0) is 4.74 Å². The van der Waals surface area contributed by atoms with E-state index in [1.54, 1.807) is 6.08 Å². The monoisotopic (exact) mass is 149 g/mol. The number of hydrogen-bond acceptors (Lipinski definition) is 2. The van der Waals surface area contributed by atoms with Crippen molar-refractivity contribution in [2.75, 3.05) is 7.11 Å². The zero-order valence-corrected chi connectivity index (χ0v) is 6.49. The molecule has 0 rings (SSSR count). The van der Waals surface area contributed by atoms with Crippen LogP contribution in [0, 0.1) is 11.3 Å². The van der Waals surface area contributed by atoms with Gasteiger partial charge < -0.3 is 4.74 Å². The van der Waals surface area contributed by atoms with Gasteiger partial charge in [0.2, 0.25) is 0 Å². The van der Waals surface area contributed by atoms with Crippen LogP contribution in [0.25, 0.3) is 0 Å². The Balaban J connectivity index is 0. The van der Waals surface area contributed by atoms with Crippen molar-refractivity contribution in [2.24, 2.45) is 5.92 Å². The second kappa shape index (κ2) is 5.63. The van der Waals surface area contributed by atoms with E-state index in [1.807, 2.05) is 6.92 Å². The first kappa shape index (κ1) is 11.3. The Morgan fingerprint density at radius 3 is 2.33 bits per heavy atom. The second-order valence-electron chi connectivity index (χ2n) is 1.59. The predicted molar refractivity (Wildman–Crippen MR) is 41.3 cm³/mol. The molecule has 54 valence electrons. The van der Waals surface area contributed by atoms with Crippen molar-refractivity contribution in [1.82, 2.24) is 0 Å². The van der Waals surface area contributed by atoms with Gasteiger partial charge in [-0.3, -0.25) is 5.41 Å². The molecule has 0 aromatic heterocycles. The zero-order chi connectivity index (χ0) is 6.57. The van der Waals surface area contributed by atoms with Crippen LogP contribution in [0.1, 0.15) is 6.92 Å². The molecule has 0 spiro atoms. The lowest BCUT2D eigenvalue weighted by molar-refractivity contribution is 0.377. The van der Waals surface area contributed by atoms with Crippen molar-refractivity contribution in [3.63, 3.8) is 0 Å². The maximum absolute atomic E-state index is 7.05. The summed E-state index contributed by atoms with van der Waals surface area (Å²) in [7, 11) is 1.49. The molecule has 0 radical (unpaired) electrons. The lowest BCUT2D eigenvalue weighted by atomic mass is 10.2. The summed E-state index contributed by atoms with van der Waals surface area (Å²) in [6.07, 6.45) is 1.67. The van der Waals surface area contributed by atoms with E-state index >= 15 is 0 Å². The van der Waals surface area contributed by atoms with Gasteiger partial charge in [-0.1, -0.05) is 13.0 Å². The van der Waals surface area contributed by atoms with Gasteiger partial charge >= 0.3 is 0 Å². The maximum atomic E-state index is 7.05. The van der Waals surface area contributed by atoms with E-state index in [-0.39, 0.29) is 24.2 Å². The largest absolute Gasteiger partial charge is 0.484 e. The molecule has 0 heterocycles. The van der Waals surface area contributed by atoms with Crippen LogP contribution in [-0.4, -0.2) is 13.0 Å². The molecule has 2 nitrogen and oxygen atoms in total. The smallest absolute Gasteiger partial charge is 0.186 e. The highest BCUT2D eigenvalue weighted by molar-refractivity contribution is 5.85. The summed E-state index contributed by atoms with van der Waals surface area (Å²) < 4.78 is 4.61. The van der Waals surface area contributed by atoms with Gasteiger partial charge in [-0.2, -0.15) is 0 Å². The summed E-state index contributed by atoms with van der Waals surface area (Å²) >= 11 is 0. The molecule has 0 aromatic rings. The van der Waals surface area contributed by atoms with Crippen molar-refractivity contribution < 1.29 is 4.74 Å². The van der Waals surface area contributed by atoms with Crippen LogP contribution in [0.4, 0.5) is 0 Å². The highest BCUT2D eigenvalue weighted by atomic mass is 35.5. The summed E-state index contributed by atoms with van der Waals surface area (Å²) in [5.41, 5.74) is 0. The first-order valence-corrected chi connectivity index (χ1v) is 2.47. The fourth-order valence-corrected chi connectivity index (χ4v) is 0.293. The van der Waals surface area contributed by atoms with E-state index < -0.39 is 0 Å². The summed E-state index contributed by atoms with van der Waals surface area (Å²) in [6.45, 7) is 5.37. The van der Waals surface area contributed by atoms with Crippen molar-refractivity contribution in [3.8, 4) is 0 Å². The van der Waals surface area contributed by atoms with E-state index in [4.69, 9.17) is 5.41 Å². The van der Waals surface area contributed by atoms with Crippen LogP contribution in [0.5, 0.6) is 0 Å². The SMILES string of the molecule is C=CC(C)C(=N)OC.Cl. The molecule has 0 aliphatic carbocycles. The van der Waals surface area contributed by atoms with Gasteiger partial charge in [0.1, 0.15) is 0 Å². The molecule has 0 aliphatic heterocycles. The molecular weight excluding hydrogens is 138 g/mol. The van der Waals surface area contributed by atoms with Crippen molar-refractivity contribution in [1.29, 1.82) is 5.41 Å². The number of rotatable bonds is 2. The van der Waals surface area contributed by atoms with Crippen LogP contribution in [0.3, 0.4) is 0 Å². The van der Waals surface area contributed by atoms with Gasteiger partial charge in [0, 0.05) is 5.92 Å².